The number of hydrogen-bond acceptors (Lipinski definition) is 4. The van der Waals surface area contributed by atoms with Crippen LogP contribution in [0.25, 0.3) is 10.8 Å². The molecule has 1 aliphatic rings. The molecule has 0 atom stereocenters. The molecule has 5 nitrogen and oxygen atoms in total. The number of amides is 2. The number of rotatable bonds is 4. The Morgan fingerprint density at radius 1 is 1.09 bits per heavy atom. The fraction of sp³-hybridized carbons (Fsp3) is 0.235. The van der Waals surface area contributed by atoms with E-state index in [2.05, 4.69) is 0 Å². The van der Waals surface area contributed by atoms with Gasteiger partial charge >= 0.3 is 0 Å². The van der Waals surface area contributed by atoms with E-state index in [1.165, 1.54) is 6.92 Å². The third-order valence-corrected chi connectivity index (χ3v) is 3.91. The lowest BCUT2D eigenvalue weighted by molar-refractivity contribution is 0.0601. The van der Waals surface area contributed by atoms with Gasteiger partial charge in [0, 0.05) is 35.2 Å². The van der Waals surface area contributed by atoms with Crippen LogP contribution in [0.1, 0.15) is 44.4 Å². The smallest absolute Gasteiger partial charge is 0.261 e. The van der Waals surface area contributed by atoms with E-state index in [4.69, 9.17) is 5.11 Å². The third kappa shape index (κ3) is 2.02. The summed E-state index contributed by atoms with van der Waals surface area (Å²) in [6, 6.07) is 8.36. The van der Waals surface area contributed by atoms with Crippen molar-refractivity contribution >= 4 is 28.4 Å². The van der Waals surface area contributed by atoms with E-state index in [0.717, 1.165) is 4.90 Å². The average Bonchev–Trinajstić information content (AvgIpc) is 2.51. The second kappa shape index (κ2) is 5.35. The van der Waals surface area contributed by atoms with Crippen LogP contribution in [0.4, 0.5) is 0 Å². The van der Waals surface area contributed by atoms with Crippen molar-refractivity contribution in [3.05, 3.63) is 47.0 Å². The number of ketones is 1. The molecule has 2 aromatic carbocycles. The largest absolute Gasteiger partial charge is 0.396 e. The molecular formula is C17H15NO4. The van der Waals surface area contributed by atoms with Crippen molar-refractivity contribution in [2.24, 2.45) is 0 Å². The van der Waals surface area contributed by atoms with Gasteiger partial charge in [-0.2, -0.15) is 0 Å². The lowest BCUT2D eigenvalue weighted by Crippen LogP contribution is -2.41. The van der Waals surface area contributed by atoms with E-state index in [1.54, 1.807) is 30.3 Å². The molecule has 0 fully saturated rings. The van der Waals surface area contributed by atoms with E-state index in [0.29, 0.717) is 33.9 Å². The Bertz CT molecular complexity index is 787. The maximum atomic E-state index is 12.5. The summed E-state index contributed by atoms with van der Waals surface area (Å²) in [6.07, 6.45) is 0.342. The molecule has 112 valence electrons. The molecule has 0 aromatic heterocycles. The van der Waals surface area contributed by atoms with Gasteiger partial charge in [0.05, 0.1) is 0 Å². The number of benzene rings is 2. The number of aliphatic hydroxyl groups excluding tert-OH is 1. The second-order valence-corrected chi connectivity index (χ2v) is 5.28. The Labute approximate surface area is 127 Å². The molecule has 0 saturated heterocycles. The number of carbonyl (C=O) groups is 3. The molecule has 1 aliphatic heterocycles. The highest BCUT2D eigenvalue weighted by Gasteiger charge is 2.32. The molecule has 0 bridgehead atoms. The van der Waals surface area contributed by atoms with Gasteiger partial charge in [-0.05, 0) is 36.9 Å². The van der Waals surface area contributed by atoms with E-state index in [-0.39, 0.29) is 30.7 Å². The quantitative estimate of drug-likeness (QED) is 0.692. The standard InChI is InChI=1S/C17H15NO4/c1-10(20)11-6-7-14-15-12(11)4-2-5-13(15)16(21)18(17(14)22)8-3-9-19/h2,4-7,19H,3,8-9H2,1H3. The first-order valence-corrected chi connectivity index (χ1v) is 7.10. The monoisotopic (exact) mass is 297 g/mol. The van der Waals surface area contributed by atoms with Gasteiger partial charge in [-0.1, -0.05) is 12.1 Å². The summed E-state index contributed by atoms with van der Waals surface area (Å²) in [7, 11) is 0. The summed E-state index contributed by atoms with van der Waals surface area (Å²) in [6.45, 7) is 1.56. The van der Waals surface area contributed by atoms with Crippen LogP contribution < -0.4 is 0 Å². The number of hydrogen-bond donors (Lipinski definition) is 1. The molecule has 1 N–H and O–H groups in total. The van der Waals surface area contributed by atoms with Gasteiger partial charge < -0.3 is 5.11 Å². The highest BCUT2D eigenvalue weighted by atomic mass is 16.3. The summed E-state index contributed by atoms with van der Waals surface area (Å²) < 4.78 is 0. The zero-order chi connectivity index (χ0) is 15.9. The van der Waals surface area contributed by atoms with Crippen molar-refractivity contribution in [3.8, 4) is 0 Å². The van der Waals surface area contributed by atoms with Crippen molar-refractivity contribution < 1.29 is 19.5 Å². The zero-order valence-corrected chi connectivity index (χ0v) is 12.1. The Hall–Kier alpha value is -2.53. The first-order chi connectivity index (χ1) is 10.6. The minimum Gasteiger partial charge on any atom is -0.396 e. The molecule has 1 heterocycles. The van der Waals surface area contributed by atoms with Crippen LogP contribution in [0, 0.1) is 0 Å². The van der Waals surface area contributed by atoms with Crippen LogP contribution in [0.5, 0.6) is 0 Å². The van der Waals surface area contributed by atoms with Gasteiger partial charge in [-0.15, -0.1) is 0 Å². The maximum absolute atomic E-state index is 12.5. The number of Topliss-reactive ketones (excluding diaryl/α,β-unsaturated/α-hetero) is 1. The molecule has 2 amide bonds. The lowest BCUT2D eigenvalue weighted by Gasteiger charge is -2.27. The molecule has 3 rings (SSSR count). The first-order valence-electron chi connectivity index (χ1n) is 7.10. The molecule has 0 spiro atoms. The lowest BCUT2D eigenvalue weighted by atomic mass is 9.90. The highest BCUT2D eigenvalue weighted by molar-refractivity contribution is 6.27. The summed E-state index contributed by atoms with van der Waals surface area (Å²) in [4.78, 5) is 38.0. The number of aliphatic hydroxyl groups is 1. The molecule has 0 aliphatic carbocycles. The van der Waals surface area contributed by atoms with Crippen molar-refractivity contribution in [2.75, 3.05) is 13.2 Å². The van der Waals surface area contributed by atoms with Gasteiger partial charge in [0.25, 0.3) is 11.8 Å². The molecule has 5 heteroatoms. The normalized spacial score (nSPS) is 13.8. The molecule has 22 heavy (non-hydrogen) atoms. The molecule has 2 aromatic rings. The number of imide groups is 1. The molecule has 0 saturated carbocycles. The second-order valence-electron chi connectivity index (χ2n) is 5.28. The van der Waals surface area contributed by atoms with Crippen molar-refractivity contribution in [2.45, 2.75) is 13.3 Å². The van der Waals surface area contributed by atoms with Crippen LogP contribution in [-0.4, -0.2) is 40.8 Å². The fourth-order valence-electron chi connectivity index (χ4n) is 2.89. The Balaban J connectivity index is 2.25. The molecule has 0 unspecified atom stereocenters. The predicted molar refractivity (Wildman–Crippen MR) is 81.0 cm³/mol. The van der Waals surface area contributed by atoms with Gasteiger partial charge in [-0.3, -0.25) is 19.3 Å². The Morgan fingerprint density at radius 2 is 1.77 bits per heavy atom. The van der Waals surface area contributed by atoms with Crippen molar-refractivity contribution in [1.82, 2.24) is 4.90 Å². The van der Waals surface area contributed by atoms with Gasteiger partial charge in [0.1, 0.15) is 0 Å². The van der Waals surface area contributed by atoms with Crippen LogP contribution in [0.3, 0.4) is 0 Å². The van der Waals surface area contributed by atoms with Gasteiger partial charge in [0.15, 0.2) is 5.78 Å². The van der Waals surface area contributed by atoms with Crippen molar-refractivity contribution in [1.29, 1.82) is 0 Å². The van der Waals surface area contributed by atoms with E-state index in [9.17, 15) is 14.4 Å². The third-order valence-electron chi connectivity index (χ3n) is 3.91. The average molecular weight is 297 g/mol. The zero-order valence-electron chi connectivity index (χ0n) is 12.1. The first kappa shape index (κ1) is 14.4. The van der Waals surface area contributed by atoms with E-state index >= 15 is 0 Å². The van der Waals surface area contributed by atoms with Crippen LogP contribution in [0.2, 0.25) is 0 Å². The topological polar surface area (TPSA) is 74.7 Å². The number of nitrogens with zero attached hydrogens (tertiary/aromatic N) is 1. The summed E-state index contributed by atoms with van der Waals surface area (Å²) >= 11 is 0. The van der Waals surface area contributed by atoms with Gasteiger partial charge in [-0.25, -0.2) is 0 Å². The minimum atomic E-state index is -0.378. The maximum Gasteiger partial charge on any atom is 0.261 e. The Kier molecular flexibility index (Phi) is 3.50. The van der Waals surface area contributed by atoms with Crippen molar-refractivity contribution in [3.63, 3.8) is 0 Å². The van der Waals surface area contributed by atoms with Crippen LogP contribution >= 0.6 is 0 Å². The fourth-order valence-corrected chi connectivity index (χ4v) is 2.89. The van der Waals surface area contributed by atoms with Gasteiger partial charge in [0.2, 0.25) is 0 Å². The van der Waals surface area contributed by atoms with Crippen LogP contribution in [-0.2, 0) is 0 Å². The summed E-state index contributed by atoms with van der Waals surface area (Å²) in [5, 5.41) is 10.1. The molecule has 0 radical (unpaired) electrons. The summed E-state index contributed by atoms with van der Waals surface area (Å²) in [5.41, 5.74) is 1.35. The van der Waals surface area contributed by atoms with E-state index in [1.807, 2.05) is 0 Å². The summed E-state index contributed by atoms with van der Waals surface area (Å²) in [5.74, 6) is -0.860. The highest BCUT2D eigenvalue weighted by Crippen LogP contribution is 2.32. The molecular weight excluding hydrogens is 282 g/mol. The van der Waals surface area contributed by atoms with Crippen LogP contribution in [0.15, 0.2) is 30.3 Å². The Morgan fingerprint density at radius 3 is 2.41 bits per heavy atom. The number of carbonyl (C=O) groups excluding carboxylic acids is 3. The predicted octanol–water partition coefficient (Wildman–Crippen LogP) is 2.02. The van der Waals surface area contributed by atoms with E-state index < -0.39 is 0 Å². The minimum absolute atomic E-state index is 0.0859. The SMILES string of the molecule is CC(=O)c1ccc2c3c(cccc13)C(=O)N(CCCO)C2=O.